The number of primary amides is 1. The van der Waals surface area contributed by atoms with E-state index in [1.54, 1.807) is 0 Å². The topological polar surface area (TPSA) is 93.2 Å². The number of aromatic nitrogens is 1. The van der Waals surface area contributed by atoms with Crippen LogP contribution in [0.2, 0.25) is 0 Å². The number of carbonyl (C=O) groups is 1. The molecule has 29 heavy (non-hydrogen) atoms. The lowest BCUT2D eigenvalue weighted by atomic mass is 9.90. The van der Waals surface area contributed by atoms with Crippen molar-refractivity contribution in [2.24, 2.45) is 5.73 Å². The Balaban J connectivity index is 1.61. The minimum absolute atomic E-state index is 0.0650. The molecule has 1 aliphatic heterocycles. The lowest BCUT2D eigenvalue weighted by molar-refractivity contribution is 0.0996. The summed E-state index contributed by atoms with van der Waals surface area (Å²) in [5.74, 6) is -2.48. The van der Waals surface area contributed by atoms with Crippen molar-refractivity contribution in [2.75, 3.05) is 18.4 Å². The number of oxazole rings is 1. The van der Waals surface area contributed by atoms with Gasteiger partial charge in [-0.05, 0) is 61.7 Å². The molecule has 0 saturated carbocycles. The first-order chi connectivity index (χ1) is 14.0. The third kappa shape index (κ3) is 3.97. The zero-order valence-electron chi connectivity index (χ0n) is 15.5. The van der Waals surface area contributed by atoms with Gasteiger partial charge in [0.2, 0.25) is 11.8 Å². The third-order valence-corrected chi connectivity index (χ3v) is 5.02. The van der Waals surface area contributed by atoms with Crippen LogP contribution >= 0.6 is 0 Å². The lowest BCUT2D eigenvalue weighted by Gasteiger charge is -2.23. The molecule has 2 aromatic carbocycles. The maximum atomic E-state index is 14.0. The Hall–Kier alpha value is -3.26. The summed E-state index contributed by atoms with van der Waals surface area (Å²) in [6.07, 6.45) is 2.16. The van der Waals surface area contributed by atoms with Crippen LogP contribution in [0.15, 0.2) is 46.9 Å². The number of benzene rings is 2. The summed E-state index contributed by atoms with van der Waals surface area (Å²) in [6, 6.07) is 11.1. The molecule has 1 amide bonds. The van der Waals surface area contributed by atoms with Crippen LogP contribution < -0.4 is 16.4 Å². The number of hydrogen-bond acceptors (Lipinski definition) is 5. The maximum absolute atomic E-state index is 14.0. The quantitative estimate of drug-likeness (QED) is 0.606. The highest BCUT2D eigenvalue weighted by molar-refractivity contribution is 5.96. The highest BCUT2D eigenvalue weighted by Gasteiger charge is 2.23. The predicted molar refractivity (Wildman–Crippen MR) is 105 cm³/mol. The minimum atomic E-state index is -0.870. The molecule has 4 N–H and O–H groups in total. The second kappa shape index (κ2) is 8.00. The Morgan fingerprint density at radius 1 is 1.10 bits per heavy atom. The molecule has 1 aromatic heterocycles. The number of nitrogens with zero attached hydrogens (tertiary/aromatic N) is 1. The van der Waals surface area contributed by atoms with Gasteiger partial charge in [-0.25, -0.2) is 13.8 Å². The average molecular weight is 398 g/mol. The van der Waals surface area contributed by atoms with Crippen LogP contribution in [0.4, 0.5) is 20.4 Å². The highest BCUT2D eigenvalue weighted by Crippen LogP contribution is 2.32. The van der Waals surface area contributed by atoms with Crippen LogP contribution in [0.1, 0.15) is 34.8 Å². The number of nitrogens with two attached hydrogens (primary N) is 1. The van der Waals surface area contributed by atoms with E-state index in [2.05, 4.69) is 15.6 Å². The van der Waals surface area contributed by atoms with E-state index >= 15 is 0 Å². The molecule has 2 heterocycles. The van der Waals surface area contributed by atoms with Crippen molar-refractivity contribution in [1.82, 2.24) is 10.3 Å². The minimum Gasteiger partial charge on any atom is -0.419 e. The fourth-order valence-corrected chi connectivity index (χ4v) is 3.51. The smallest absolute Gasteiger partial charge is 0.273 e. The molecule has 0 unspecified atom stereocenters. The number of nitrogens with one attached hydrogen (secondary N) is 2. The molecule has 150 valence electrons. The van der Waals surface area contributed by atoms with Gasteiger partial charge in [0.15, 0.2) is 5.69 Å². The molecule has 0 bridgehead atoms. The van der Waals surface area contributed by atoms with Crippen molar-refractivity contribution >= 4 is 17.5 Å². The van der Waals surface area contributed by atoms with E-state index in [0.717, 1.165) is 38.1 Å². The van der Waals surface area contributed by atoms with Gasteiger partial charge in [-0.1, -0.05) is 18.2 Å². The van der Waals surface area contributed by atoms with Crippen LogP contribution in [0.3, 0.4) is 0 Å². The van der Waals surface area contributed by atoms with Crippen LogP contribution in [0, 0.1) is 11.6 Å². The molecular formula is C21H20F2N4O2. The summed E-state index contributed by atoms with van der Waals surface area (Å²) < 4.78 is 33.6. The summed E-state index contributed by atoms with van der Waals surface area (Å²) in [7, 11) is 0. The molecule has 3 aromatic rings. The van der Waals surface area contributed by atoms with Gasteiger partial charge in [-0.15, -0.1) is 0 Å². The molecule has 4 rings (SSSR count). The fourth-order valence-electron chi connectivity index (χ4n) is 3.51. The third-order valence-electron chi connectivity index (χ3n) is 5.02. The van der Waals surface area contributed by atoms with Gasteiger partial charge < -0.3 is 20.8 Å². The SMILES string of the molecule is NC(=O)c1nc(-c2c(F)cccc2F)oc1Nc1ccc(C2CCNCC2)cc1. The molecule has 8 heteroatoms. The zero-order chi connectivity index (χ0) is 20.4. The van der Waals surface area contributed by atoms with Crippen LogP contribution in [-0.4, -0.2) is 24.0 Å². The monoisotopic (exact) mass is 398 g/mol. The summed E-state index contributed by atoms with van der Waals surface area (Å²) >= 11 is 0. The van der Waals surface area contributed by atoms with Crippen LogP contribution in [-0.2, 0) is 0 Å². The Labute approximate surface area is 166 Å². The van der Waals surface area contributed by atoms with Gasteiger partial charge >= 0.3 is 0 Å². The molecule has 1 saturated heterocycles. The fraction of sp³-hybridized carbons (Fsp3) is 0.238. The van der Waals surface area contributed by atoms with Gasteiger partial charge in [0.25, 0.3) is 5.91 Å². The zero-order valence-corrected chi connectivity index (χ0v) is 15.5. The van der Waals surface area contributed by atoms with Crippen molar-refractivity contribution < 1.29 is 18.0 Å². The van der Waals surface area contributed by atoms with Crippen LogP contribution in [0.25, 0.3) is 11.5 Å². The average Bonchev–Trinajstić information content (AvgIpc) is 3.13. The van der Waals surface area contributed by atoms with Gasteiger partial charge in [-0.2, -0.15) is 0 Å². The normalized spacial score (nSPS) is 14.7. The molecule has 0 radical (unpaired) electrons. The van der Waals surface area contributed by atoms with Gasteiger partial charge in [0, 0.05) is 5.69 Å². The van der Waals surface area contributed by atoms with E-state index in [9.17, 15) is 13.6 Å². The van der Waals surface area contributed by atoms with Gasteiger partial charge in [-0.3, -0.25) is 4.79 Å². The van der Waals surface area contributed by atoms with Gasteiger partial charge in [0.05, 0.1) is 0 Å². The largest absolute Gasteiger partial charge is 0.419 e. The Bertz CT molecular complexity index is 1010. The van der Waals surface area contributed by atoms with Crippen molar-refractivity contribution in [1.29, 1.82) is 0 Å². The first-order valence-electron chi connectivity index (χ1n) is 9.35. The molecule has 0 spiro atoms. The molecule has 1 aliphatic rings. The van der Waals surface area contributed by atoms with E-state index in [0.29, 0.717) is 11.6 Å². The highest BCUT2D eigenvalue weighted by atomic mass is 19.1. The number of piperidine rings is 1. The molecular weight excluding hydrogens is 378 g/mol. The number of halogens is 2. The molecule has 0 atom stereocenters. The van der Waals surface area contributed by atoms with Gasteiger partial charge in [0.1, 0.15) is 17.2 Å². The number of amides is 1. The van der Waals surface area contributed by atoms with E-state index in [-0.39, 0.29) is 17.5 Å². The Kier molecular flexibility index (Phi) is 5.26. The first kappa shape index (κ1) is 19.1. The van der Waals surface area contributed by atoms with Crippen LogP contribution in [0.5, 0.6) is 0 Å². The summed E-state index contributed by atoms with van der Waals surface area (Å²) in [5.41, 5.74) is 6.55. The van der Waals surface area contributed by atoms with Crippen molar-refractivity contribution in [3.05, 3.63) is 65.4 Å². The standard InChI is InChI=1S/C21H20F2N4O2/c22-15-2-1-3-16(23)17(15)20-27-18(19(24)28)21(29-20)26-14-6-4-12(5-7-14)13-8-10-25-11-9-13/h1-7,13,25-26H,8-11H2,(H2,24,28). The molecule has 0 aliphatic carbocycles. The van der Waals surface area contributed by atoms with Crippen molar-refractivity contribution in [3.8, 4) is 11.5 Å². The molecule has 1 fully saturated rings. The number of carbonyl (C=O) groups excluding carboxylic acids is 1. The van der Waals surface area contributed by atoms with Crippen molar-refractivity contribution in [2.45, 2.75) is 18.8 Å². The number of hydrogen-bond donors (Lipinski definition) is 3. The Morgan fingerprint density at radius 3 is 2.38 bits per heavy atom. The predicted octanol–water partition coefficient (Wildman–Crippen LogP) is 3.93. The summed E-state index contributed by atoms with van der Waals surface area (Å²) in [6.45, 7) is 2.00. The summed E-state index contributed by atoms with van der Waals surface area (Å²) in [5, 5.41) is 6.27. The van der Waals surface area contributed by atoms with E-state index in [4.69, 9.17) is 10.2 Å². The van der Waals surface area contributed by atoms with E-state index in [1.807, 2.05) is 24.3 Å². The first-order valence-corrected chi connectivity index (χ1v) is 9.35. The maximum Gasteiger partial charge on any atom is 0.273 e. The van der Waals surface area contributed by atoms with Crippen molar-refractivity contribution in [3.63, 3.8) is 0 Å². The second-order valence-electron chi connectivity index (χ2n) is 6.93. The molecule has 6 nitrogen and oxygen atoms in total. The number of anilines is 2. The Morgan fingerprint density at radius 2 is 1.76 bits per heavy atom. The van der Waals surface area contributed by atoms with E-state index in [1.165, 1.54) is 11.6 Å². The lowest BCUT2D eigenvalue weighted by Crippen LogP contribution is -2.26. The van der Waals surface area contributed by atoms with E-state index < -0.39 is 23.1 Å². The second-order valence-corrected chi connectivity index (χ2v) is 6.93. The number of rotatable bonds is 5. The summed E-state index contributed by atoms with van der Waals surface area (Å²) in [4.78, 5) is 15.7.